The highest BCUT2D eigenvalue weighted by Crippen LogP contribution is 2.31. The lowest BCUT2D eigenvalue weighted by molar-refractivity contribution is -0.119. The first kappa shape index (κ1) is 20.5. The smallest absolute Gasteiger partial charge is 0.253 e. The van der Waals surface area contributed by atoms with Crippen molar-refractivity contribution < 1.29 is 18.0 Å². The van der Waals surface area contributed by atoms with Gasteiger partial charge in [-0.05, 0) is 56.5 Å². The molecule has 2 N–H and O–H groups in total. The summed E-state index contributed by atoms with van der Waals surface area (Å²) in [5, 5.41) is 5.55. The van der Waals surface area contributed by atoms with Crippen LogP contribution in [0.2, 0.25) is 0 Å². The molecule has 28 heavy (non-hydrogen) atoms. The van der Waals surface area contributed by atoms with Gasteiger partial charge in [-0.3, -0.25) is 9.59 Å². The van der Waals surface area contributed by atoms with E-state index in [9.17, 15) is 18.0 Å². The molecular formula is C19H23N3O4S2. The molecule has 1 aliphatic rings. The Morgan fingerprint density at radius 3 is 2.39 bits per heavy atom. The fourth-order valence-corrected chi connectivity index (χ4v) is 6.34. The summed E-state index contributed by atoms with van der Waals surface area (Å²) in [6, 6.07) is 7.80. The Hall–Kier alpha value is -2.23. The van der Waals surface area contributed by atoms with Gasteiger partial charge in [0, 0.05) is 29.7 Å². The quantitative estimate of drug-likeness (QED) is 0.775. The van der Waals surface area contributed by atoms with Crippen molar-refractivity contribution in [1.82, 2.24) is 4.31 Å². The molecule has 1 saturated heterocycles. The van der Waals surface area contributed by atoms with Crippen LogP contribution >= 0.6 is 11.3 Å². The van der Waals surface area contributed by atoms with Crippen LogP contribution in [0.4, 0.5) is 11.4 Å². The van der Waals surface area contributed by atoms with Crippen LogP contribution in [0, 0.1) is 13.8 Å². The summed E-state index contributed by atoms with van der Waals surface area (Å²) >= 11 is 1.21. The highest BCUT2D eigenvalue weighted by Gasteiger charge is 2.40. The van der Waals surface area contributed by atoms with Gasteiger partial charge >= 0.3 is 0 Å². The van der Waals surface area contributed by atoms with Gasteiger partial charge in [-0.25, -0.2) is 8.42 Å². The van der Waals surface area contributed by atoms with E-state index >= 15 is 0 Å². The number of anilines is 2. The van der Waals surface area contributed by atoms with Crippen LogP contribution in [0.3, 0.4) is 0 Å². The molecule has 0 spiro atoms. The molecule has 2 amide bonds. The van der Waals surface area contributed by atoms with E-state index in [0.29, 0.717) is 36.3 Å². The highest BCUT2D eigenvalue weighted by atomic mass is 32.2. The second-order valence-electron chi connectivity index (χ2n) is 6.79. The van der Waals surface area contributed by atoms with Crippen LogP contribution in [0.25, 0.3) is 0 Å². The lowest BCUT2D eigenvalue weighted by Crippen LogP contribution is -2.43. The van der Waals surface area contributed by atoms with Crippen molar-refractivity contribution in [2.24, 2.45) is 0 Å². The number of amides is 2. The molecule has 2 aromatic rings. The number of thiophene rings is 1. The second-order valence-corrected chi connectivity index (χ2v) is 10.2. The maximum Gasteiger partial charge on any atom is 0.253 e. The van der Waals surface area contributed by atoms with Gasteiger partial charge in [0.15, 0.2) is 0 Å². The van der Waals surface area contributed by atoms with Crippen LogP contribution < -0.4 is 10.6 Å². The number of aryl methyl sites for hydroxylation is 1. The average Bonchev–Trinajstić information content (AvgIpc) is 3.27. The summed E-state index contributed by atoms with van der Waals surface area (Å²) in [5.74, 6) is -0.566. The summed E-state index contributed by atoms with van der Waals surface area (Å²) < 4.78 is 27.5. The number of nitrogens with one attached hydrogen (secondary N) is 2. The van der Waals surface area contributed by atoms with Gasteiger partial charge in [0.1, 0.15) is 10.3 Å². The van der Waals surface area contributed by atoms with Crippen LogP contribution in [-0.4, -0.2) is 37.1 Å². The molecule has 0 radical (unpaired) electrons. The van der Waals surface area contributed by atoms with Crippen molar-refractivity contribution in [3.8, 4) is 0 Å². The van der Waals surface area contributed by atoms with Crippen molar-refractivity contribution in [2.75, 3.05) is 17.2 Å². The van der Waals surface area contributed by atoms with Crippen molar-refractivity contribution in [3.05, 3.63) is 40.8 Å². The van der Waals surface area contributed by atoms with Gasteiger partial charge < -0.3 is 10.6 Å². The zero-order chi connectivity index (χ0) is 20.5. The van der Waals surface area contributed by atoms with E-state index in [1.165, 1.54) is 22.6 Å². The number of carbonyl (C=O) groups excluding carboxylic acids is 2. The predicted molar refractivity (Wildman–Crippen MR) is 110 cm³/mol. The zero-order valence-electron chi connectivity index (χ0n) is 16.0. The van der Waals surface area contributed by atoms with Gasteiger partial charge in [0.25, 0.3) is 10.0 Å². The lowest BCUT2D eigenvalue weighted by Gasteiger charge is -2.23. The van der Waals surface area contributed by atoms with Gasteiger partial charge in [0.05, 0.1) is 0 Å². The van der Waals surface area contributed by atoms with Gasteiger partial charge in [-0.1, -0.05) is 6.07 Å². The Morgan fingerprint density at radius 2 is 1.79 bits per heavy atom. The number of hydrogen-bond donors (Lipinski definition) is 2. The van der Waals surface area contributed by atoms with Crippen LogP contribution in [0.5, 0.6) is 0 Å². The Morgan fingerprint density at radius 1 is 1.11 bits per heavy atom. The van der Waals surface area contributed by atoms with Gasteiger partial charge in [-0.2, -0.15) is 4.31 Å². The van der Waals surface area contributed by atoms with Crippen molar-refractivity contribution in [1.29, 1.82) is 0 Å². The maximum atomic E-state index is 13.0. The Kier molecular flexibility index (Phi) is 5.87. The van der Waals surface area contributed by atoms with E-state index in [1.807, 2.05) is 6.92 Å². The van der Waals surface area contributed by atoms with Gasteiger partial charge in [-0.15, -0.1) is 11.3 Å². The third-order valence-corrected chi connectivity index (χ3v) is 8.06. The van der Waals surface area contributed by atoms with E-state index in [4.69, 9.17) is 0 Å². The average molecular weight is 422 g/mol. The summed E-state index contributed by atoms with van der Waals surface area (Å²) in [6.07, 6.45) is 1.10. The van der Waals surface area contributed by atoms with E-state index < -0.39 is 16.1 Å². The van der Waals surface area contributed by atoms with Gasteiger partial charge in [0.2, 0.25) is 11.8 Å². The van der Waals surface area contributed by atoms with E-state index in [1.54, 1.807) is 37.3 Å². The topological polar surface area (TPSA) is 95.6 Å². The normalized spacial score (nSPS) is 17.5. The fraction of sp³-hybridized carbons (Fsp3) is 0.368. The number of benzene rings is 1. The van der Waals surface area contributed by atoms with Crippen molar-refractivity contribution in [3.63, 3.8) is 0 Å². The maximum absolute atomic E-state index is 13.0. The first-order valence-corrected chi connectivity index (χ1v) is 11.2. The molecule has 1 aliphatic heterocycles. The third kappa shape index (κ3) is 4.11. The molecule has 1 aromatic carbocycles. The molecule has 150 valence electrons. The number of carbonyl (C=O) groups is 2. The second kappa shape index (κ2) is 8.02. The number of hydrogen-bond acceptors (Lipinski definition) is 5. The third-order valence-electron chi connectivity index (χ3n) is 4.69. The Balaban J connectivity index is 1.82. The standard InChI is InChI=1S/C19H23N3O4S2/c1-12-9-10-18(27-12)28(25,26)22-11-5-8-17(22)19(24)21-16-7-4-6-15(13(16)2)20-14(3)23/h4,6-7,9-10,17H,5,8,11H2,1-3H3,(H,20,23)(H,21,24)/t17-/m1/s1. The summed E-state index contributed by atoms with van der Waals surface area (Å²) in [7, 11) is -3.70. The number of rotatable bonds is 5. The molecule has 7 nitrogen and oxygen atoms in total. The first-order valence-electron chi connectivity index (χ1n) is 8.96. The minimum atomic E-state index is -3.70. The first-order chi connectivity index (χ1) is 13.2. The molecule has 0 unspecified atom stereocenters. The molecule has 9 heteroatoms. The molecular weight excluding hydrogens is 398 g/mol. The lowest BCUT2D eigenvalue weighted by atomic mass is 10.1. The minimum Gasteiger partial charge on any atom is -0.326 e. The highest BCUT2D eigenvalue weighted by molar-refractivity contribution is 7.91. The Bertz CT molecular complexity index is 1010. The largest absolute Gasteiger partial charge is 0.326 e. The molecule has 0 aliphatic carbocycles. The van der Waals surface area contributed by atoms with Crippen LogP contribution in [-0.2, 0) is 19.6 Å². The molecule has 1 aromatic heterocycles. The number of nitrogens with zero attached hydrogens (tertiary/aromatic N) is 1. The SMILES string of the molecule is CC(=O)Nc1cccc(NC(=O)[C@H]2CCCN2S(=O)(=O)c2ccc(C)s2)c1C. The summed E-state index contributed by atoms with van der Waals surface area (Å²) in [5.41, 5.74) is 1.87. The zero-order valence-corrected chi connectivity index (χ0v) is 17.6. The molecule has 2 heterocycles. The van der Waals surface area contributed by atoms with Crippen molar-refractivity contribution >= 4 is 44.5 Å². The van der Waals surface area contributed by atoms with E-state index in [2.05, 4.69) is 10.6 Å². The molecule has 0 saturated carbocycles. The van der Waals surface area contributed by atoms with Crippen LogP contribution in [0.1, 0.15) is 30.2 Å². The predicted octanol–water partition coefficient (Wildman–Crippen LogP) is 3.12. The van der Waals surface area contributed by atoms with Crippen LogP contribution in [0.15, 0.2) is 34.5 Å². The molecule has 0 bridgehead atoms. The Labute approximate surface area is 168 Å². The van der Waals surface area contributed by atoms with E-state index in [-0.39, 0.29) is 16.0 Å². The van der Waals surface area contributed by atoms with E-state index in [0.717, 1.165) is 4.88 Å². The fourth-order valence-electron chi connectivity index (χ4n) is 3.27. The monoisotopic (exact) mass is 421 g/mol. The summed E-state index contributed by atoms with van der Waals surface area (Å²) in [6.45, 7) is 5.38. The summed E-state index contributed by atoms with van der Waals surface area (Å²) in [4.78, 5) is 25.1. The molecule has 1 fully saturated rings. The molecule has 1 atom stereocenters. The van der Waals surface area contributed by atoms with Crippen molar-refractivity contribution in [2.45, 2.75) is 43.9 Å². The molecule has 3 rings (SSSR count). The number of sulfonamides is 1. The minimum absolute atomic E-state index is 0.203.